The third-order valence-corrected chi connectivity index (χ3v) is 5.17. The normalized spacial score (nSPS) is 10.6. The molecule has 0 aromatic carbocycles. The number of hydrogen-bond acceptors (Lipinski definition) is 4. The lowest BCUT2D eigenvalue weighted by molar-refractivity contribution is 0.0698. The summed E-state index contributed by atoms with van der Waals surface area (Å²) in [6.45, 7) is 1.92. The Morgan fingerprint density at radius 3 is 2.45 bits per heavy atom. The molecule has 2 heterocycles. The van der Waals surface area contributed by atoms with Gasteiger partial charge in [-0.2, -0.15) is 0 Å². The lowest BCUT2D eigenvalue weighted by Gasteiger charge is -2.02. The van der Waals surface area contributed by atoms with Crippen LogP contribution in [-0.2, 0) is 6.42 Å². The second-order valence-electron chi connectivity index (χ2n) is 3.81. The first kappa shape index (κ1) is 15.3. The number of rotatable bonds is 4. The van der Waals surface area contributed by atoms with E-state index in [2.05, 4.69) is 5.32 Å². The van der Waals surface area contributed by atoms with E-state index in [1.54, 1.807) is 6.07 Å². The maximum atomic E-state index is 12.1. The van der Waals surface area contributed by atoms with Gasteiger partial charge in [0.05, 0.1) is 15.5 Å². The monoisotopic (exact) mass is 349 g/mol. The number of carbonyl (C=O) groups is 2. The van der Waals surface area contributed by atoms with Crippen molar-refractivity contribution >= 4 is 62.8 Å². The van der Waals surface area contributed by atoms with E-state index < -0.39 is 11.9 Å². The Bertz CT molecular complexity index is 678. The van der Waals surface area contributed by atoms with Crippen LogP contribution in [0.1, 0.15) is 32.5 Å². The molecule has 0 unspecified atom stereocenters. The number of anilines is 1. The summed E-state index contributed by atoms with van der Waals surface area (Å²) in [6.07, 6.45) is 0.700. The van der Waals surface area contributed by atoms with Crippen LogP contribution in [0.2, 0.25) is 8.67 Å². The number of aryl methyl sites for hydroxylation is 1. The van der Waals surface area contributed by atoms with Gasteiger partial charge < -0.3 is 10.4 Å². The molecule has 2 aromatic heterocycles. The van der Waals surface area contributed by atoms with Crippen LogP contribution in [0, 0.1) is 0 Å². The van der Waals surface area contributed by atoms with Crippen molar-refractivity contribution in [1.82, 2.24) is 0 Å². The number of carboxylic acid groups (broad SMARTS) is 1. The Kier molecular flexibility index (Phi) is 4.70. The van der Waals surface area contributed by atoms with Gasteiger partial charge in [0, 0.05) is 4.88 Å². The van der Waals surface area contributed by atoms with Gasteiger partial charge in [-0.3, -0.25) is 4.79 Å². The van der Waals surface area contributed by atoms with Crippen LogP contribution in [-0.4, -0.2) is 17.0 Å². The van der Waals surface area contributed by atoms with E-state index in [4.69, 9.17) is 28.3 Å². The zero-order valence-electron chi connectivity index (χ0n) is 10.2. The smallest absolute Gasteiger partial charge is 0.338 e. The average molecular weight is 350 g/mol. The number of amides is 1. The van der Waals surface area contributed by atoms with Crippen LogP contribution in [0.15, 0.2) is 12.1 Å². The molecular formula is C12H9Cl2NO3S2. The molecule has 0 fully saturated rings. The van der Waals surface area contributed by atoms with E-state index >= 15 is 0 Å². The SMILES string of the molecule is CCc1cc(C(=O)O)c(NC(=O)c2cc(Cl)sc2Cl)s1. The first-order valence-electron chi connectivity index (χ1n) is 5.54. The highest BCUT2D eigenvalue weighted by Crippen LogP contribution is 2.33. The van der Waals surface area contributed by atoms with Gasteiger partial charge in [-0.15, -0.1) is 22.7 Å². The number of carboxylic acids is 1. The molecule has 1 amide bonds. The molecule has 2 rings (SSSR count). The first-order chi connectivity index (χ1) is 9.42. The number of aromatic carboxylic acids is 1. The largest absolute Gasteiger partial charge is 0.478 e. The van der Waals surface area contributed by atoms with Crippen molar-refractivity contribution in [3.8, 4) is 0 Å². The van der Waals surface area contributed by atoms with Crippen molar-refractivity contribution in [3.63, 3.8) is 0 Å². The predicted octanol–water partition coefficient (Wildman–Crippen LogP) is 4.63. The summed E-state index contributed by atoms with van der Waals surface area (Å²) < 4.78 is 0.677. The fourth-order valence-electron chi connectivity index (χ4n) is 1.53. The van der Waals surface area contributed by atoms with Crippen LogP contribution in [0.3, 0.4) is 0 Å². The highest BCUT2D eigenvalue weighted by Gasteiger charge is 2.20. The summed E-state index contributed by atoms with van der Waals surface area (Å²) in [6, 6.07) is 3.02. The Morgan fingerprint density at radius 2 is 1.95 bits per heavy atom. The topological polar surface area (TPSA) is 66.4 Å². The molecule has 0 spiro atoms. The summed E-state index contributed by atoms with van der Waals surface area (Å²) in [5, 5.41) is 12.0. The minimum atomic E-state index is -1.08. The summed E-state index contributed by atoms with van der Waals surface area (Å²) in [5.41, 5.74) is 0.321. The number of nitrogens with one attached hydrogen (secondary N) is 1. The Hall–Kier alpha value is -1.08. The Labute approximate surface area is 133 Å². The summed E-state index contributed by atoms with van der Waals surface area (Å²) in [5.74, 6) is -1.55. The maximum Gasteiger partial charge on any atom is 0.338 e. The van der Waals surface area contributed by atoms with E-state index in [0.29, 0.717) is 15.8 Å². The van der Waals surface area contributed by atoms with E-state index in [-0.39, 0.29) is 15.5 Å². The zero-order chi connectivity index (χ0) is 14.9. The zero-order valence-corrected chi connectivity index (χ0v) is 13.3. The molecule has 0 saturated heterocycles. The second-order valence-corrected chi connectivity index (χ2v) is 7.23. The molecule has 0 aliphatic carbocycles. The molecule has 0 aliphatic rings. The Morgan fingerprint density at radius 1 is 1.25 bits per heavy atom. The van der Waals surface area contributed by atoms with Crippen molar-refractivity contribution in [2.24, 2.45) is 0 Å². The average Bonchev–Trinajstić information content (AvgIpc) is 2.92. The van der Waals surface area contributed by atoms with E-state index in [0.717, 1.165) is 16.2 Å². The van der Waals surface area contributed by atoms with Gasteiger partial charge in [0.1, 0.15) is 9.34 Å². The van der Waals surface area contributed by atoms with E-state index in [1.165, 1.54) is 17.4 Å². The molecule has 0 atom stereocenters. The van der Waals surface area contributed by atoms with Gasteiger partial charge >= 0.3 is 5.97 Å². The molecular weight excluding hydrogens is 341 g/mol. The fourth-order valence-corrected chi connectivity index (χ4v) is 3.98. The predicted molar refractivity (Wildman–Crippen MR) is 82.9 cm³/mol. The third kappa shape index (κ3) is 3.15. The lowest BCUT2D eigenvalue weighted by atomic mass is 10.2. The van der Waals surface area contributed by atoms with Crippen molar-refractivity contribution in [1.29, 1.82) is 0 Å². The van der Waals surface area contributed by atoms with Crippen molar-refractivity contribution in [3.05, 3.63) is 36.8 Å². The van der Waals surface area contributed by atoms with Crippen LogP contribution in [0.5, 0.6) is 0 Å². The number of thiophene rings is 2. The third-order valence-electron chi connectivity index (χ3n) is 2.49. The number of hydrogen-bond donors (Lipinski definition) is 2. The van der Waals surface area contributed by atoms with Crippen molar-refractivity contribution < 1.29 is 14.7 Å². The van der Waals surface area contributed by atoms with Gasteiger partial charge in [0.25, 0.3) is 5.91 Å². The Balaban J connectivity index is 2.30. The quantitative estimate of drug-likeness (QED) is 0.845. The summed E-state index contributed by atoms with van der Waals surface area (Å²) >= 11 is 14.0. The fraction of sp³-hybridized carbons (Fsp3) is 0.167. The van der Waals surface area contributed by atoms with Gasteiger partial charge in [-0.1, -0.05) is 30.1 Å². The van der Waals surface area contributed by atoms with E-state index in [1.807, 2.05) is 6.92 Å². The van der Waals surface area contributed by atoms with Gasteiger partial charge in [-0.05, 0) is 18.6 Å². The molecule has 106 valence electrons. The first-order valence-corrected chi connectivity index (χ1v) is 7.93. The van der Waals surface area contributed by atoms with Crippen molar-refractivity contribution in [2.45, 2.75) is 13.3 Å². The van der Waals surface area contributed by atoms with Gasteiger partial charge in [0.15, 0.2) is 0 Å². The highest BCUT2D eigenvalue weighted by atomic mass is 35.5. The highest BCUT2D eigenvalue weighted by molar-refractivity contribution is 7.20. The summed E-state index contributed by atoms with van der Waals surface area (Å²) in [7, 11) is 0. The van der Waals surface area contributed by atoms with Crippen LogP contribution in [0.25, 0.3) is 0 Å². The molecule has 0 bridgehead atoms. The standard InChI is InChI=1S/C12H9Cl2NO3S2/c1-2-5-3-7(12(17)18)11(19-5)15-10(16)6-4-8(13)20-9(6)14/h3-4H,2H2,1H3,(H,15,16)(H,17,18). The van der Waals surface area contributed by atoms with E-state index in [9.17, 15) is 9.59 Å². The van der Waals surface area contributed by atoms with Gasteiger partial charge in [0.2, 0.25) is 0 Å². The van der Waals surface area contributed by atoms with Crippen LogP contribution < -0.4 is 5.32 Å². The maximum absolute atomic E-state index is 12.1. The number of halogens is 2. The molecule has 4 nitrogen and oxygen atoms in total. The molecule has 2 aromatic rings. The molecule has 0 saturated carbocycles. The van der Waals surface area contributed by atoms with Crippen molar-refractivity contribution in [2.75, 3.05) is 5.32 Å². The lowest BCUT2D eigenvalue weighted by Crippen LogP contribution is -2.12. The molecule has 20 heavy (non-hydrogen) atoms. The second kappa shape index (κ2) is 6.13. The summed E-state index contributed by atoms with van der Waals surface area (Å²) in [4.78, 5) is 24.1. The van der Waals surface area contributed by atoms with Crippen LogP contribution in [0.4, 0.5) is 5.00 Å². The molecule has 2 N–H and O–H groups in total. The molecule has 8 heteroatoms. The van der Waals surface area contributed by atoms with Gasteiger partial charge in [-0.25, -0.2) is 4.79 Å². The number of carbonyl (C=O) groups excluding carboxylic acids is 1. The van der Waals surface area contributed by atoms with Crippen LogP contribution >= 0.6 is 45.9 Å². The molecule has 0 radical (unpaired) electrons. The minimum absolute atomic E-state index is 0.0812. The minimum Gasteiger partial charge on any atom is -0.478 e. The molecule has 0 aliphatic heterocycles.